The van der Waals surface area contributed by atoms with E-state index in [0.29, 0.717) is 0 Å². The van der Waals surface area contributed by atoms with Gasteiger partial charge < -0.3 is 9.30 Å². The summed E-state index contributed by atoms with van der Waals surface area (Å²) in [5, 5.41) is 1.16. The van der Waals surface area contributed by atoms with E-state index in [9.17, 15) is 0 Å². The minimum Gasteiger partial charge on any atom is -0.384 e. The molecular weight excluding hydrogens is 298 g/mol. The molecule has 1 aliphatic carbocycles. The van der Waals surface area contributed by atoms with Gasteiger partial charge in [0, 0.05) is 48.6 Å². The van der Waals surface area contributed by atoms with Crippen LogP contribution in [-0.2, 0) is 11.3 Å². The average Bonchev–Trinajstić information content (AvgIpc) is 3.25. The fraction of sp³-hybridized carbons (Fsp3) is 0.400. The summed E-state index contributed by atoms with van der Waals surface area (Å²) < 4.78 is 7.82. The monoisotopic (exact) mass is 321 g/mol. The molecule has 0 spiro atoms. The number of nitrogens with zero attached hydrogens (tertiary/aromatic N) is 3. The van der Waals surface area contributed by atoms with E-state index in [0.717, 1.165) is 35.4 Å². The van der Waals surface area contributed by atoms with Gasteiger partial charge in [0.15, 0.2) is 0 Å². The van der Waals surface area contributed by atoms with Crippen molar-refractivity contribution in [2.75, 3.05) is 13.7 Å². The number of hydrogen-bond acceptors (Lipinski definition) is 3. The number of benzene rings is 1. The van der Waals surface area contributed by atoms with E-state index >= 15 is 0 Å². The average molecular weight is 321 g/mol. The van der Waals surface area contributed by atoms with Gasteiger partial charge in [0.05, 0.1) is 12.1 Å². The van der Waals surface area contributed by atoms with E-state index < -0.39 is 0 Å². The molecule has 0 atom stereocenters. The highest BCUT2D eigenvalue weighted by atomic mass is 16.5. The molecule has 4 rings (SSSR count). The Morgan fingerprint density at radius 3 is 2.83 bits per heavy atom. The van der Waals surface area contributed by atoms with Crippen LogP contribution in [0.4, 0.5) is 0 Å². The van der Waals surface area contributed by atoms with Crippen molar-refractivity contribution in [1.82, 2.24) is 14.5 Å². The molecule has 1 aliphatic rings. The van der Waals surface area contributed by atoms with Crippen molar-refractivity contribution in [2.24, 2.45) is 5.41 Å². The van der Waals surface area contributed by atoms with Gasteiger partial charge in [-0.3, -0.25) is 4.98 Å². The zero-order valence-corrected chi connectivity index (χ0v) is 14.1. The third kappa shape index (κ3) is 2.82. The summed E-state index contributed by atoms with van der Waals surface area (Å²) in [6, 6.07) is 10.5. The van der Waals surface area contributed by atoms with E-state index in [1.807, 2.05) is 25.6 Å². The molecule has 1 saturated carbocycles. The molecule has 0 N–H and O–H groups in total. The molecule has 2 heterocycles. The minimum atomic E-state index is 0.249. The number of rotatable bonds is 5. The molecule has 0 unspecified atom stereocenters. The molecule has 0 radical (unpaired) electrons. The number of methoxy groups -OCH3 is 1. The summed E-state index contributed by atoms with van der Waals surface area (Å²) in [6.07, 6.45) is 10.9. The van der Waals surface area contributed by atoms with Crippen molar-refractivity contribution in [3.05, 3.63) is 48.9 Å². The van der Waals surface area contributed by atoms with Crippen LogP contribution in [0.1, 0.15) is 25.7 Å². The van der Waals surface area contributed by atoms with E-state index in [2.05, 4.69) is 45.0 Å². The van der Waals surface area contributed by atoms with Crippen molar-refractivity contribution in [3.8, 4) is 11.4 Å². The number of hydrogen-bond donors (Lipinski definition) is 0. The van der Waals surface area contributed by atoms with Crippen LogP contribution < -0.4 is 0 Å². The predicted molar refractivity (Wildman–Crippen MR) is 95.7 cm³/mol. The molecule has 24 heavy (non-hydrogen) atoms. The number of ether oxygens (including phenoxy) is 1. The van der Waals surface area contributed by atoms with Gasteiger partial charge >= 0.3 is 0 Å². The van der Waals surface area contributed by atoms with Crippen molar-refractivity contribution in [2.45, 2.75) is 32.2 Å². The Hall–Kier alpha value is -2.20. The molecule has 124 valence electrons. The van der Waals surface area contributed by atoms with E-state index in [-0.39, 0.29) is 5.41 Å². The van der Waals surface area contributed by atoms with Crippen molar-refractivity contribution in [1.29, 1.82) is 0 Å². The lowest BCUT2D eigenvalue weighted by molar-refractivity contribution is 0.0701. The second-order valence-electron chi connectivity index (χ2n) is 6.93. The Balaban J connectivity index is 1.68. The Kier molecular flexibility index (Phi) is 4.07. The maximum Gasteiger partial charge on any atom is 0.139 e. The van der Waals surface area contributed by atoms with Crippen LogP contribution in [0.5, 0.6) is 0 Å². The second kappa shape index (κ2) is 6.36. The van der Waals surface area contributed by atoms with Crippen LogP contribution in [0.3, 0.4) is 0 Å². The van der Waals surface area contributed by atoms with Gasteiger partial charge in [0.25, 0.3) is 0 Å². The molecule has 0 bridgehead atoms. The van der Waals surface area contributed by atoms with Crippen LogP contribution in [0.25, 0.3) is 22.3 Å². The molecule has 1 fully saturated rings. The molecule has 2 aromatic heterocycles. The van der Waals surface area contributed by atoms with Crippen LogP contribution in [0, 0.1) is 5.41 Å². The highest BCUT2D eigenvalue weighted by molar-refractivity contribution is 5.82. The third-order valence-corrected chi connectivity index (χ3v) is 5.20. The van der Waals surface area contributed by atoms with Crippen LogP contribution in [0.2, 0.25) is 0 Å². The lowest BCUT2D eigenvalue weighted by Gasteiger charge is -2.29. The van der Waals surface area contributed by atoms with Gasteiger partial charge in [-0.2, -0.15) is 0 Å². The van der Waals surface area contributed by atoms with E-state index in [1.165, 1.54) is 25.7 Å². The SMILES string of the molecule is COCC1(Cn2ccnc2-c2ccc3cccnc3c2)CCCC1. The molecule has 0 amide bonds. The fourth-order valence-electron chi connectivity index (χ4n) is 4.04. The number of fused-ring (bicyclic) bond motifs is 1. The number of imidazole rings is 1. The molecule has 4 heteroatoms. The quantitative estimate of drug-likeness (QED) is 0.703. The Morgan fingerprint density at radius 2 is 2.00 bits per heavy atom. The van der Waals surface area contributed by atoms with E-state index in [1.54, 1.807) is 0 Å². The predicted octanol–water partition coefficient (Wildman–Crippen LogP) is 4.31. The molecule has 3 aromatic rings. The zero-order chi connectivity index (χ0) is 16.4. The van der Waals surface area contributed by atoms with Gasteiger partial charge in [-0.1, -0.05) is 31.0 Å². The summed E-state index contributed by atoms with van der Waals surface area (Å²) in [5.74, 6) is 1.02. The normalized spacial score (nSPS) is 16.7. The largest absolute Gasteiger partial charge is 0.384 e. The highest BCUT2D eigenvalue weighted by Gasteiger charge is 2.34. The molecule has 1 aromatic carbocycles. The molecule has 0 saturated heterocycles. The standard InChI is InChI=1S/C20H23N3O/c1-24-15-20(8-2-3-9-20)14-23-12-11-22-19(23)17-7-6-16-5-4-10-21-18(16)13-17/h4-7,10-13H,2-3,8-9,14-15H2,1H3. The van der Waals surface area contributed by atoms with Crippen molar-refractivity contribution >= 4 is 10.9 Å². The Bertz CT molecular complexity index is 834. The topological polar surface area (TPSA) is 39.9 Å². The van der Waals surface area contributed by atoms with Gasteiger partial charge in [-0.25, -0.2) is 4.98 Å². The Morgan fingerprint density at radius 1 is 1.12 bits per heavy atom. The van der Waals surface area contributed by atoms with Crippen LogP contribution in [0.15, 0.2) is 48.9 Å². The third-order valence-electron chi connectivity index (χ3n) is 5.20. The van der Waals surface area contributed by atoms with Crippen molar-refractivity contribution < 1.29 is 4.74 Å². The summed E-state index contributed by atoms with van der Waals surface area (Å²) in [4.78, 5) is 9.09. The lowest BCUT2D eigenvalue weighted by Crippen LogP contribution is -2.28. The number of aromatic nitrogens is 3. The van der Waals surface area contributed by atoms with Gasteiger partial charge in [0.2, 0.25) is 0 Å². The summed E-state index contributed by atoms with van der Waals surface area (Å²) in [7, 11) is 1.81. The van der Waals surface area contributed by atoms with Crippen molar-refractivity contribution in [3.63, 3.8) is 0 Å². The van der Waals surface area contributed by atoms with Gasteiger partial charge in [0.1, 0.15) is 5.82 Å². The minimum absolute atomic E-state index is 0.249. The fourth-order valence-corrected chi connectivity index (χ4v) is 4.04. The molecular formula is C20H23N3O. The second-order valence-corrected chi connectivity index (χ2v) is 6.93. The smallest absolute Gasteiger partial charge is 0.139 e. The Labute approximate surface area is 142 Å². The maximum atomic E-state index is 5.54. The first-order chi connectivity index (χ1) is 11.8. The lowest BCUT2D eigenvalue weighted by atomic mass is 9.87. The van der Waals surface area contributed by atoms with Crippen LogP contribution >= 0.6 is 0 Å². The molecule has 4 nitrogen and oxygen atoms in total. The highest BCUT2D eigenvalue weighted by Crippen LogP contribution is 2.40. The first-order valence-electron chi connectivity index (χ1n) is 8.65. The molecule has 0 aliphatic heterocycles. The van der Waals surface area contributed by atoms with Gasteiger partial charge in [-0.05, 0) is 25.0 Å². The first-order valence-corrected chi connectivity index (χ1v) is 8.65. The summed E-state index contributed by atoms with van der Waals surface area (Å²) in [5.41, 5.74) is 2.38. The summed E-state index contributed by atoms with van der Waals surface area (Å²) >= 11 is 0. The first kappa shape index (κ1) is 15.3. The maximum absolute atomic E-state index is 5.54. The number of pyridine rings is 1. The van der Waals surface area contributed by atoms with Crippen LogP contribution in [-0.4, -0.2) is 28.3 Å². The van der Waals surface area contributed by atoms with Gasteiger partial charge in [-0.15, -0.1) is 0 Å². The van der Waals surface area contributed by atoms with E-state index in [4.69, 9.17) is 4.74 Å². The summed E-state index contributed by atoms with van der Waals surface area (Å²) in [6.45, 7) is 1.79. The zero-order valence-electron chi connectivity index (χ0n) is 14.1.